The van der Waals surface area contributed by atoms with Crippen molar-refractivity contribution in [3.05, 3.63) is 94.3 Å². The smallest absolute Gasteiger partial charge is 0.163 e. The Labute approximate surface area is 156 Å². The van der Waals surface area contributed by atoms with E-state index in [9.17, 15) is 8.78 Å². The van der Waals surface area contributed by atoms with E-state index in [1.54, 1.807) is 12.1 Å². The van der Waals surface area contributed by atoms with Crippen molar-refractivity contribution in [2.24, 2.45) is 0 Å². The van der Waals surface area contributed by atoms with Gasteiger partial charge >= 0.3 is 0 Å². The number of rotatable bonds is 3. The molecule has 3 aromatic rings. The van der Waals surface area contributed by atoms with Crippen molar-refractivity contribution in [2.75, 3.05) is 6.54 Å². The highest BCUT2D eigenvalue weighted by Gasteiger charge is 2.30. The molecule has 1 aliphatic heterocycles. The van der Waals surface area contributed by atoms with Gasteiger partial charge < -0.3 is 4.57 Å². The van der Waals surface area contributed by atoms with Crippen LogP contribution in [-0.2, 0) is 13.1 Å². The molecule has 2 nitrogen and oxygen atoms in total. The lowest BCUT2D eigenvalue weighted by molar-refractivity contribution is 0.215. The van der Waals surface area contributed by atoms with Crippen molar-refractivity contribution >= 4 is 11.6 Å². The minimum Gasteiger partial charge on any atom is -0.350 e. The van der Waals surface area contributed by atoms with Crippen molar-refractivity contribution in [3.63, 3.8) is 0 Å². The topological polar surface area (TPSA) is 8.17 Å². The van der Waals surface area contributed by atoms with Crippen LogP contribution in [0, 0.1) is 11.6 Å². The second-order valence-corrected chi connectivity index (χ2v) is 7.06. The summed E-state index contributed by atoms with van der Waals surface area (Å²) in [5, 5.41) is 0.686. The molecule has 0 bridgehead atoms. The summed E-state index contributed by atoms with van der Waals surface area (Å²) in [4.78, 5) is 2.21. The summed E-state index contributed by atoms with van der Waals surface area (Å²) in [7, 11) is 0. The first-order valence-corrected chi connectivity index (χ1v) is 9.09. The van der Waals surface area contributed by atoms with Gasteiger partial charge in [0.15, 0.2) is 11.6 Å². The molecule has 0 saturated carbocycles. The SMILES string of the molecule is Fc1cccc(C2c3cccn3CCCN2Cc2ccc(Cl)cc2)c1F. The van der Waals surface area contributed by atoms with Crippen LogP contribution in [0.4, 0.5) is 8.78 Å². The van der Waals surface area contributed by atoms with Gasteiger partial charge in [-0.15, -0.1) is 0 Å². The number of hydrogen-bond acceptors (Lipinski definition) is 1. The molecule has 26 heavy (non-hydrogen) atoms. The van der Waals surface area contributed by atoms with E-state index in [0.717, 1.165) is 36.8 Å². The highest BCUT2D eigenvalue weighted by atomic mass is 35.5. The van der Waals surface area contributed by atoms with Gasteiger partial charge in [-0.3, -0.25) is 4.90 Å². The predicted molar refractivity (Wildman–Crippen MR) is 99.1 cm³/mol. The average Bonchev–Trinajstić information content (AvgIpc) is 3.02. The molecule has 0 amide bonds. The van der Waals surface area contributed by atoms with Crippen molar-refractivity contribution < 1.29 is 8.78 Å². The molecule has 1 unspecified atom stereocenters. The van der Waals surface area contributed by atoms with E-state index in [1.165, 1.54) is 0 Å². The lowest BCUT2D eigenvalue weighted by Gasteiger charge is -2.31. The van der Waals surface area contributed by atoms with Gasteiger partial charge in [0.05, 0.1) is 6.04 Å². The Hall–Kier alpha value is -2.17. The van der Waals surface area contributed by atoms with Crippen LogP contribution in [-0.4, -0.2) is 16.0 Å². The number of aryl methyl sites for hydroxylation is 1. The molecule has 4 rings (SSSR count). The van der Waals surface area contributed by atoms with Crippen LogP contribution in [0.15, 0.2) is 60.8 Å². The van der Waals surface area contributed by atoms with E-state index < -0.39 is 11.6 Å². The average molecular weight is 373 g/mol. The predicted octanol–water partition coefficient (Wildman–Crippen LogP) is 5.42. The Morgan fingerprint density at radius 2 is 1.77 bits per heavy atom. The van der Waals surface area contributed by atoms with E-state index >= 15 is 0 Å². The largest absolute Gasteiger partial charge is 0.350 e. The second-order valence-electron chi connectivity index (χ2n) is 6.62. The molecule has 1 aromatic heterocycles. The minimum atomic E-state index is -0.809. The van der Waals surface area contributed by atoms with E-state index in [1.807, 2.05) is 42.6 Å². The fourth-order valence-electron chi connectivity index (χ4n) is 3.72. The summed E-state index contributed by atoms with van der Waals surface area (Å²) < 4.78 is 30.7. The normalized spacial score (nSPS) is 17.7. The molecule has 0 radical (unpaired) electrons. The van der Waals surface area contributed by atoms with Crippen LogP contribution in [0.1, 0.15) is 29.3 Å². The van der Waals surface area contributed by atoms with Gasteiger partial charge in [-0.25, -0.2) is 8.78 Å². The summed E-state index contributed by atoms with van der Waals surface area (Å²) in [6.07, 6.45) is 2.95. The van der Waals surface area contributed by atoms with E-state index in [-0.39, 0.29) is 6.04 Å². The number of aromatic nitrogens is 1. The van der Waals surface area contributed by atoms with Gasteiger partial charge in [0, 0.05) is 42.1 Å². The first-order chi connectivity index (χ1) is 12.6. The molecular weight excluding hydrogens is 354 g/mol. The zero-order valence-corrected chi connectivity index (χ0v) is 15.0. The highest BCUT2D eigenvalue weighted by Crippen LogP contribution is 2.35. The highest BCUT2D eigenvalue weighted by molar-refractivity contribution is 6.30. The van der Waals surface area contributed by atoms with Crippen LogP contribution in [0.5, 0.6) is 0 Å². The Morgan fingerprint density at radius 3 is 2.58 bits per heavy atom. The fourth-order valence-corrected chi connectivity index (χ4v) is 3.85. The number of nitrogens with zero attached hydrogens (tertiary/aromatic N) is 2. The molecule has 0 saturated heterocycles. The summed E-state index contributed by atoms with van der Waals surface area (Å²) in [6.45, 7) is 2.31. The number of fused-ring (bicyclic) bond motifs is 1. The minimum absolute atomic E-state index is 0.334. The zero-order chi connectivity index (χ0) is 18.1. The summed E-state index contributed by atoms with van der Waals surface area (Å²) in [6, 6.07) is 15.7. The Bertz CT molecular complexity index is 905. The van der Waals surface area contributed by atoms with Gasteiger partial charge in [-0.2, -0.15) is 0 Å². The number of benzene rings is 2. The van der Waals surface area contributed by atoms with Gasteiger partial charge in [0.25, 0.3) is 0 Å². The zero-order valence-electron chi connectivity index (χ0n) is 14.2. The molecule has 1 atom stereocenters. The fraction of sp³-hybridized carbons (Fsp3) is 0.238. The van der Waals surface area contributed by atoms with Crippen LogP contribution >= 0.6 is 11.6 Å². The second kappa shape index (κ2) is 7.22. The maximum Gasteiger partial charge on any atom is 0.163 e. The first-order valence-electron chi connectivity index (χ1n) is 8.71. The van der Waals surface area contributed by atoms with E-state index in [4.69, 9.17) is 11.6 Å². The first kappa shape index (κ1) is 17.3. The van der Waals surface area contributed by atoms with Gasteiger partial charge in [0.2, 0.25) is 0 Å². The third-order valence-corrected chi connectivity index (χ3v) is 5.18. The molecule has 2 heterocycles. The lowest BCUT2D eigenvalue weighted by atomic mass is 10.00. The third kappa shape index (κ3) is 3.27. The molecule has 0 spiro atoms. The van der Waals surface area contributed by atoms with Crippen molar-refractivity contribution in [1.29, 1.82) is 0 Å². The third-order valence-electron chi connectivity index (χ3n) is 4.93. The molecular formula is C21H19ClF2N2. The van der Waals surface area contributed by atoms with Crippen LogP contribution in [0.25, 0.3) is 0 Å². The van der Waals surface area contributed by atoms with Crippen molar-refractivity contribution in [2.45, 2.75) is 25.6 Å². The van der Waals surface area contributed by atoms with Crippen LogP contribution in [0.3, 0.4) is 0 Å². The number of halogens is 3. The molecule has 134 valence electrons. The monoisotopic (exact) mass is 372 g/mol. The van der Waals surface area contributed by atoms with Crippen LogP contribution < -0.4 is 0 Å². The lowest BCUT2D eigenvalue weighted by Crippen LogP contribution is -2.30. The molecule has 0 N–H and O–H groups in total. The Balaban J connectivity index is 1.78. The van der Waals surface area contributed by atoms with Crippen molar-refractivity contribution in [1.82, 2.24) is 9.47 Å². The van der Waals surface area contributed by atoms with Gasteiger partial charge in [-0.05, 0) is 42.3 Å². The Morgan fingerprint density at radius 1 is 0.962 bits per heavy atom. The number of hydrogen-bond donors (Lipinski definition) is 0. The standard InChI is InChI=1S/C21H19ClF2N2/c22-16-9-7-15(8-10-16)14-26-13-3-12-25-11-2-6-19(25)21(26)17-4-1-5-18(23)20(17)24/h1-2,4-11,21H,3,12-14H2. The van der Waals surface area contributed by atoms with E-state index in [2.05, 4.69) is 9.47 Å². The molecule has 2 aromatic carbocycles. The molecule has 5 heteroatoms. The van der Waals surface area contributed by atoms with E-state index in [0.29, 0.717) is 17.1 Å². The Kier molecular flexibility index (Phi) is 4.79. The summed E-state index contributed by atoms with van der Waals surface area (Å²) in [5.41, 5.74) is 2.46. The molecule has 1 aliphatic rings. The summed E-state index contributed by atoms with van der Waals surface area (Å²) in [5.74, 6) is -1.58. The summed E-state index contributed by atoms with van der Waals surface area (Å²) >= 11 is 5.99. The quantitative estimate of drug-likeness (QED) is 0.596. The van der Waals surface area contributed by atoms with Gasteiger partial charge in [-0.1, -0.05) is 35.9 Å². The maximum atomic E-state index is 14.7. The maximum absolute atomic E-state index is 14.7. The van der Waals surface area contributed by atoms with Gasteiger partial charge in [0.1, 0.15) is 0 Å². The molecule has 0 fully saturated rings. The van der Waals surface area contributed by atoms with Crippen LogP contribution in [0.2, 0.25) is 5.02 Å². The molecule has 0 aliphatic carbocycles. The van der Waals surface area contributed by atoms with Crippen molar-refractivity contribution in [3.8, 4) is 0 Å².